The SMILES string of the molecule is Cn1ccnc1C(NC(=O)N1CCN(CCn2cncn2)CC1)C1CC1. The molecule has 26 heavy (non-hydrogen) atoms. The molecule has 1 aliphatic carbocycles. The minimum absolute atomic E-state index is 0.0212. The fourth-order valence-corrected chi connectivity index (χ4v) is 3.49. The highest BCUT2D eigenvalue weighted by Crippen LogP contribution is 2.40. The van der Waals surface area contributed by atoms with Gasteiger partial charge in [-0.2, -0.15) is 5.10 Å². The molecule has 1 saturated heterocycles. The van der Waals surface area contributed by atoms with E-state index in [-0.39, 0.29) is 12.1 Å². The van der Waals surface area contributed by atoms with Crippen molar-refractivity contribution in [2.24, 2.45) is 13.0 Å². The molecule has 1 unspecified atom stereocenters. The fraction of sp³-hybridized carbons (Fsp3) is 0.647. The van der Waals surface area contributed by atoms with Crippen LogP contribution in [0.25, 0.3) is 0 Å². The lowest BCUT2D eigenvalue weighted by Crippen LogP contribution is -2.53. The van der Waals surface area contributed by atoms with Crippen LogP contribution in [-0.4, -0.2) is 72.9 Å². The van der Waals surface area contributed by atoms with E-state index in [4.69, 9.17) is 0 Å². The van der Waals surface area contributed by atoms with Crippen molar-refractivity contribution in [2.45, 2.75) is 25.4 Å². The van der Waals surface area contributed by atoms with E-state index in [0.29, 0.717) is 5.92 Å². The van der Waals surface area contributed by atoms with Crippen LogP contribution in [0, 0.1) is 5.92 Å². The number of hydrogen-bond donors (Lipinski definition) is 1. The van der Waals surface area contributed by atoms with Gasteiger partial charge in [-0.1, -0.05) is 0 Å². The van der Waals surface area contributed by atoms with E-state index >= 15 is 0 Å². The molecule has 9 nitrogen and oxygen atoms in total. The van der Waals surface area contributed by atoms with E-state index in [1.807, 2.05) is 27.4 Å². The minimum atomic E-state index is 0.0212. The monoisotopic (exact) mass is 358 g/mol. The Kier molecular flexibility index (Phi) is 4.87. The molecule has 3 heterocycles. The highest BCUT2D eigenvalue weighted by molar-refractivity contribution is 5.74. The molecule has 1 saturated carbocycles. The first-order valence-electron chi connectivity index (χ1n) is 9.28. The molecular formula is C17H26N8O. The molecular weight excluding hydrogens is 332 g/mol. The molecule has 1 N–H and O–H groups in total. The van der Waals surface area contributed by atoms with Crippen molar-refractivity contribution in [2.75, 3.05) is 32.7 Å². The van der Waals surface area contributed by atoms with Gasteiger partial charge in [0.05, 0.1) is 12.6 Å². The lowest BCUT2D eigenvalue weighted by atomic mass is 10.1. The number of rotatable bonds is 6. The van der Waals surface area contributed by atoms with Crippen molar-refractivity contribution in [3.05, 3.63) is 30.9 Å². The Morgan fingerprint density at radius 2 is 2.08 bits per heavy atom. The summed E-state index contributed by atoms with van der Waals surface area (Å²) in [5.41, 5.74) is 0. The number of imidazole rings is 1. The first-order valence-corrected chi connectivity index (χ1v) is 9.28. The molecule has 4 rings (SSSR count). The predicted octanol–water partition coefficient (Wildman–Crippen LogP) is 0.490. The van der Waals surface area contributed by atoms with Gasteiger partial charge in [-0.25, -0.2) is 14.8 Å². The van der Waals surface area contributed by atoms with Crippen LogP contribution in [-0.2, 0) is 13.6 Å². The van der Waals surface area contributed by atoms with Gasteiger partial charge in [0.25, 0.3) is 0 Å². The second-order valence-corrected chi connectivity index (χ2v) is 7.15. The van der Waals surface area contributed by atoms with Crippen LogP contribution in [0.3, 0.4) is 0 Å². The van der Waals surface area contributed by atoms with Gasteiger partial charge in [0.2, 0.25) is 0 Å². The molecule has 2 amide bonds. The second kappa shape index (κ2) is 7.45. The maximum Gasteiger partial charge on any atom is 0.318 e. The van der Waals surface area contributed by atoms with Crippen molar-refractivity contribution in [3.8, 4) is 0 Å². The number of amides is 2. The quantitative estimate of drug-likeness (QED) is 0.812. The van der Waals surface area contributed by atoms with Crippen LogP contribution in [0.4, 0.5) is 4.79 Å². The molecule has 1 atom stereocenters. The number of nitrogens with one attached hydrogen (secondary N) is 1. The van der Waals surface area contributed by atoms with Crippen molar-refractivity contribution in [3.63, 3.8) is 0 Å². The van der Waals surface area contributed by atoms with E-state index in [1.165, 1.54) is 0 Å². The topological polar surface area (TPSA) is 84.1 Å². The second-order valence-electron chi connectivity index (χ2n) is 7.15. The van der Waals surface area contributed by atoms with E-state index in [2.05, 4.69) is 25.3 Å². The molecule has 0 bridgehead atoms. The lowest BCUT2D eigenvalue weighted by molar-refractivity contribution is 0.133. The molecule has 9 heteroatoms. The smallest absolute Gasteiger partial charge is 0.318 e. The normalized spacial score (nSPS) is 19.5. The fourth-order valence-electron chi connectivity index (χ4n) is 3.49. The van der Waals surface area contributed by atoms with Crippen LogP contribution in [0.2, 0.25) is 0 Å². The van der Waals surface area contributed by atoms with Crippen molar-refractivity contribution < 1.29 is 4.79 Å². The average molecular weight is 358 g/mol. The summed E-state index contributed by atoms with van der Waals surface area (Å²) >= 11 is 0. The van der Waals surface area contributed by atoms with Gasteiger partial charge in [0.15, 0.2) is 0 Å². The average Bonchev–Trinajstić information content (AvgIpc) is 3.19. The largest absolute Gasteiger partial charge is 0.336 e. The predicted molar refractivity (Wildman–Crippen MR) is 95.2 cm³/mol. The molecule has 2 aliphatic rings. The minimum Gasteiger partial charge on any atom is -0.336 e. The third-order valence-corrected chi connectivity index (χ3v) is 5.28. The van der Waals surface area contributed by atoms with Crippen molar-refractivity contribution in [1.29, 1.82) is 0 Å². The van der Waals surface area contributed by atoms with E-state index < -0.39 is 0 Å². The van der Waals surface area contributed by atoms with Gasteiger partial charge in [0, 0.05) is 52.2 Å². The Balaban J connectivity index is 1.27. The van der Waals surface area contributed by atoms with E-state index in [0.717, 1.165) is 57.9 Å². The van der Waals surface area contributed by atoms with E-state index in [1.54, 1.807) is 18.9 Å². The molecule has 2 aromatic heterocycles. The highest BCUT2D eigenvalue weighted by Gasteiger charge is 2.36. The summed E-state index contributed by atoms with van der Waals surface area (Å²) in [5, 5.41) is 7.35. The Morgan fingerprint density at radius 1 is 1.27 bits per heavy atom. The maximum absolute atomic E-state index is 12.7. The van der Waals surface area contributed by atoms with Gasteiger partial charge >= 0.3 is 6.03 Å². The molecule has 2 aromatic rings. The summed E-state index contributed by atoms with van der Waals surface area (Å²) in [4.78, 5) is 25.4. The Bertz CT molecular complexity index is 715. The first-order chi connectivity index (χ1) is 12.7. The highest BCUT2D eigenvalue weighted by atomic mass is 16.2. The third kappa shape index (κ3) is 3.87. The van der Waals surface area contributed by atoms with Crippen LogP contribution in [0.15, 0.2) is 25.0 Å². The first kappa shape index (κ1) is 17.0. The number of aryl methyl sites for hydroxylation is 1. The van der Waals surface area contributed by atoms with Crippen LogP contribution in [0.1, 0.15) is 24.7 Å². The number of aromatic nitrogens is 5. The summed E-state index contributed by atoms with van der Waals surface area (Å²) in [6, 6.07) is 0.0497. The lowest BCUT2D eigenvalue weighted by Gasteiger charge is -2.35. The molecule has 0 aromatic carbocycles. The maximum atomic E-state index is 12.7. The summed E-state index contributed by atoms with van der Waals surface area (Å²) in [5.74, 6) is 1.47. The summed E-state index contributed by atoms with van der Waals surface area (Å²) in [6.45, 7) is 5.03. The summed E-state index contributed by atoms with van der Waals surface area (Å²) < 4.78 is 3.84. The Morgan fingerprint density at radius 3 is 2.69 bits per heavy atom. The zero-order chi connectivity index (χ0) is 17.9. The molecule has 140 valence electrons. The van der Waals surface area contributed by atoms with Crippen molar-refractivity contribution >= 4 is 6.03 Å². The van der Waals surface area contributed by atoms with Gasteiger partial charge in [-0.15, -0.1) is 0 Å². The zero-order valence-electron chi connectivity index (χ0n) is 15.2. The van der Waals surface area contributed by atoms with Crippen LogP contribution in [0.5, 0.6) is 0 Å². The number of hydrogen-bond acceptors (Lipinski definition) is 5. The van der Waals surface area contributed by atoms with Gasteiger partial charge < -0.3 is 14.8 Å². The van der Waals surface area contributed by atoms with E-state index in [9.17, 15) is 4.79 Å². The number of carbonyl (C=O) groups excluding carboxylic acids is 1. The zero-order valence-corrected chi connectivity index (χ0v) is 15.2. The van der Waals surface area contributed by atoms with Crippen LogP contribution >= 0.6 is 0 Å². The number of nitrogens with zero attached hydrogens (tertiary/aromatic N) is 7. The van der Waals surface area contributed by atoms with Gasteiger partial charge in [-0.3, -0.25) is 9.58 Å². The van der Waals surface area contributed by atoms with Crippen LogP contribution < -0.4 is 5.32 Å². The standard InChI is InChI=1S/C17H26N8O/c1-22-5-4-19-16(22)15(14-2-3-14)21-17(26)24-9-6-23(7-10-24)8-11-25-13-18-12-20-25/h4-5,12-15H,2-3,6-11H2,1H3,(H,21,26). The molecule has 0 spiro atoms. The number of carbonyl (C=O) groups is 1. The van der Waals surface area contributed by atoms with Crippen molar-refractivity contribution in [1.82, 2.24) is 39.4 Å². The molecule has 2 fully saturated rings. The Labute approximate surface area is 153 Å². The molecule has 1 aliphatic heterocycles. The van der Waals surface area contributed by atoms with Gasteiger partial charge in [0.1, 0.15) is 18.5 Å². The third-order valence-electron chi connectivity index (χ3n) is 5.28. The van der Waals surface area contributed by atoms with Gasteiger partial charge in [-0.05, 0) is 18.8 Å². The summed E-state index contributed by atoms with van der Waals surface area (Å²) in [6.07, 6.45) is 9.34. The summed E-state index contributed by atoms with van der Waals surface area (Å²) in [7, 11) is 1.98. The molecule has 0 radical (unpaired) electrons. The Hall–Kier alpha value is -2.42. The number of urea groups is 1. The number of piperazine rings is 1.